The standard InChI is InChI=1S/C23H34O3/c1-26-23(25)14-8-12-20-15-17-21(18-16-20)22(24)13-7-3-6-11-19-9-4-2-5-10-19/h15-19H,2-14H2,1H3. The third-order valence-corrected chi connectivity index (χ3v) is 5.59. The molecule has 1 aromatic carbocycles. The van der Waals surface area contributed by atoms with Gasteiger partial charge in [-0.25, -0.2) is 0 Å². The Labute approximate surface area is 158 Å². The van der Waals surface area contributed by atoms with Gasteiger partial charge in [-0.2, -0.15) is 0 Å². The Bertz CT molecular complexity index is 541. The summed E-state index contributed by atoms with van der Waals surface area (Å²) in [7, 11) is 1.42. The molecule has 1 aliphatic rings. The van der Waals surface area contributed by atoms with Crippen LogP contribution in [0.3, 0.4) is 0 Å². The average molecular weight is 359 g/mol. The van der Waals surface area contributed by atoms with Crippen molar-refractivity contribution >= 4 is 11.8 Å². The fraction of sp³-hybridized carbons (Fsp3) is 0.652. The fourth-order valence-corrected chi connectivity index (χ4v) is 3.91. The van der Waals surface area contributed by atoms with Crippen molar-refractivity contribution in [2.75, 3.05) is 7.11 Å². The quantitative estimate of drug-likeness (QED) is 0.281. The molecule has 1 aromatic rings. The zero-order chi connectivity index (χ0) is 18.6. The normalized spacial score (nSPS) is 15.0. The van der Waals surface area contributed by atoms with E-state index in [0.717, 1.165) is 36.3 Å². The van der Waals surface area contributed by atoms with Crippen LogP contribution in [0.5, 0.6) is 0 Å². The largest absolute Gasteiger partial charge is 0.469 e. The highest BCUT2D eigenvalue weighted by Gasteiger charge is 2.13. The van der Waals surface area contributed by atoms with Crippen molar-refractivity contribution in [3.8, 4) is 0 Å². The van der Waals surface area contributed by atoms with Crippen LogP contribution in [0.2, 0.25) is 0 Å². The van der Waals surface area contributed by atoms with E-state index in [9.17, 15) is 9.59 Å². The molecule has 144 valence electrons. The minimum atomic E-state index is -0.166. The van der Waals surface area contributed by atoms with E-state index in [1.54, 1.807) is 0 Å². The highest BCUT2D eigenvalue weighted by atomic mass is 16.5. The Morgan fingerprint density at radius 1 is 0.923 bits per heavy atom. The SMILES string of the molecule is COC(=O)CCCc1ccc(C(=O)CCCCCC2CCCCC2)cc1. The van der Waals surface area contributed by atoms with Crippen LogP contribution in [0.4, 0.5) is 0 Å². The molecular weight excluding hydrogens is 324 g/mol. The third kappa shape index (κ3) is 7.72. The first kappa shape index (κ1) is 20.7. The summed E-state index contributed by atoms with van der Waals surface area (Å²) in [6.45, 7) is 0. The first-order valence-electron chi connectivity index (χ1n) is 10.4. The van der Waals surface area contributed by atoms with E-state index in [-0.39, 0.29) is 11.8 Å². The van der Waals surface area contributed by atoms with Gasteiger partial charge in [0, 0.05) is 18.4 Å². The zero-order valence-electron chi connectivity index (χ0n) is 16.3. The van der Waals surface area contributed by atoms with Crippen LogP contribution < -0.4 is 0 Å². The number of esters is 1. The van der Waals surface area contributed by atoms with Crippen molar-refractivity contribution in [1.82, 2.24) is 0 Å². The highest BCUT2D eigenvalue weighted by Crippen LogP contribution is 2.28. The summed E-state index contributed by atoms with van der Waals surface area (Å²) >= 11 is 0. The number of benzene rings is 1. The molecule has 0 saturated heterocycles. The molecule has 1 aliphatic carbocycles. The summed E-state index contributed by atoms with van der Waals surface area (Å²) in [6, 6.07) is 7.87. The van der Waals surface area contributed by atoms with Crippen molar-refractivity contribution in [3.05, 3.63) is 35.4 Å². The molecule has 0 atom stereocenters. The van der Waals surface area contributed by atoms with Crippen LogP contribution in [0.25, 0.3) is 0 Å². The van der Waals surface area contributed by atoms with Gasteiger partial charge >= 0.3 is 5.97 Å². The first-order chi connectivity index (χ1) is 12.7. The third-order valence-electron chi connectivity index (χ3n) is 5.59. The molecule has 0 unspecified atom stereocenters. The maximum atomic E-state index is 12.3. The lowest BCUT2D eigenvalue weighted by molar-refractivity contribution is -0.140. The van der Waals surface area contributed by atoms with E-state index in [1.165, 1.54) is 58.5 Å². The molecule has 0 radical (unpaired) electrons. The molecule has 2 rings (SSSR count). The van der Waals surface area contributed by atoms with Gasteiger partial charge in [-0.3, -0.25) is 9.59 Å². The fourth-order valence-electron chi connectivity index (χ4n) is 3.91. The van der Waals surface area contributed by atoms with Gasteiger partial charge in [0.1, 0.15) is 0 Å². The van der Waals surface area contributed by atoms with E-state index in [0.29, 0.717) is 12.8 Å². The number of hydrogen-bond donors (Lipinski definition) is 0. The number of carbonyl (C=O) groups is 2. The highest BCUT2D eigenvalue weighted by molar-refractivity contribution is 5.96. The number of unbranched alkanes of at least 4 members (excludes halogenated alkanes) is 2. The van der Waals surface area contributed by atoms with E-state index in [2.05, 4.69) is 4.74 Å². The number of carbonyl (C=O) groups excluding carboxylic acids is 2. The van der Waals surface area contributed by atoms with Crippen molar-refractivity contribution < 1.29 is 14.3 Å². The second-order valence-corrected chi connectivity index (χ2v) is 7.65. The van der Waals surface area contributed by atoms with Gasteiger partial charge in [0.2, 0.25) is 0 Å². The minimum Gasteiger partial charge on any atom is -0.469 e. The molecule has 0 heterocycles. The van der Waals surface area contributed by atoms with Crippen LogP contribution in [0.1, 0.15) is 93.0 Å². The van der Waals surface area contributed by atoms with Gasteiger partial charge < -0.3 is 4.74 Å². The zero-order valence-corrected chi connectivity index (χ0v) is 16.3. The van der Waals surface area contributed by atoms with Gasteiger partial charge in [-0.15, -0.1) is 0 Å². The number of Topliss-reactive ketones (excluding diaryl/α,β-unsaturated/α-hetero) is 1. The Morgan fingerprint density at radius 2 is 1.65 bits per heavy atom. The Kier molecular flexibility index (Phi) is 9.44. The van der Waals surface area contributed by atoms with E-state index < -0.39 is 0 Å². The molecule has 26 heavy (non-hydrogen) atoms. The van der Waals surface area contributed by atoms with Crippen LogP contribution in [0, 0.1) is 5.92 Å². The van der Waals surface area contributed by atoms with Crippen molar-refractivity contribution in [2.45, 2.75) is 83.5 Å². The second-order valence-electron chi connectivity index (χ2n) is 7.65. The topological polar surface area (TPSA) is 43.4 Å². The van der Waals surface area contributed by atoms with Crippen molar-refractivity contribution in [3.63, 3.8) is 0 Å². The number of rotatable bonds is 11. The summed E-state index contributed by atoms with van der Waals surface area (Å²) < 4.78 is 4.64. The molecular formula is C23H34O3. The van der Waals surface area contributed by atoms with Crippen LogP contribution in [-0.4, -0.2) is 18.9 Å². The number of hydrogen-bond acceptors (Lipinski definition) is 3. The molecule has 0 amide bonds. The Morgan fingerprint density at radius 3 is 2.35 bits per heavy atom. The summed E-state index contributed by atoms with van der Waals surface area (Å²) in [5, 5.41) is 0. The van der Waals surface area contributed by atoms with E-state index >= 15 is 0 Å². The van der Waals surface area contributed by atoms with Gasteiger partial charge in [0.15, 0.2) is 5.78 Å². The lowest BCUT2D eigenvalue weighted by Gasteiger charge is -2.21. The summed E-state index contributed by atoms with van der Waals surface area (Å²) in [5.74, 6) is 1.04. The van der Waals surface area contributed by atoms with Gasteiger partial charge in [0.05, 0.1) is 7.11 Å². The minimum absolute atomic E-state index is 0.166. The second kappa shape index (κ2) is 11.9. The number of ether oxygens (including phenoxy) is 1. The Hall–Kier alpha value is -1.64. The monoisotopic (exact) mass is 358 g/mol. The summed E-state index contributed by atoms with van der Waals surface area (Å²) in [4.78, 5) is 23.4. The predicted molar refractivity (Wildman–Crippen MR) is 105 cm³/mol. The van der Waals surface area contributed by atoms with Gasteiger partial charge in [-0.05, 0) is 30.7 Å². The van der Waals surface area contributed by atoms with Crippen molar-refractivity contribution in [1.29, 1.82) is 0 Å². The lowest BCUT2D eigenvalue weighted by Crippen LogP contribution is -2.06. The Balaban J connectivity index is 1.60. The van der Waals surface area contributed by atoms with Crippen LogP contribution in [-0.2, 0) is 16.0 Å². The molecule has 3 heteroatoms. The average Bonchev–Trinajstić information content (AvgIpc) is 2.68. The summed E-state index contributed by atoms with van der Waals surface area (Å²) in [5.41, 5.74) is 1.98. The summed E-state index contributed by atoms with van der Waals surface area (Å²) in [6.07, 6.45) is 14.6. The number of ketones is 1. The van der Waals surface area contributed by atoms with Gasteiger partial charge in [0.25, 0.3) is 0 Å². The number of aryl methyl sites for hydroxylation is 1. The molecule has 0 spiro atoms. The maximum absolute atomic E-state index is 12.3. The van der Waals surface area contributed by atoms with Crippen LogP contribution in [0.15, 0.2) is 24.3 Å². The molecule has 3 nitrogen and oxygen atoms in total. The van der Waals surface area contributed by atoms with E-state index in [1.807, 2.05) is 24.3 Å². The molecule has 0 aromatic heterocycles. The molecule has 0 aliphatic heterocycles. The molecule has 1 saturated carbocycles. The van der Waals surface area contributed by atoms with Gasteiger partial charge in [-0.1, -0.05) is 75.6 Å². The van der Waals surface area contributed by atoms with Crippen LogP contribution >= 0.6 is 0 Å². The molecule has 1 fully saturated rings. The van der Waals surface area contributed by atoms with E-state index in [4.69, 9.17) is 0 Å². The first-order valence-corrected chi connectivity index (χ1v) is 10.4. The van der Waals surface area contributed by atoms with Crippen molar-refractivity contribution in [2.24, 2.45) is 5.92 Å². The maximum Gasteiger partial charge on any atom is 0.305 e. The smallest absolute Gasteiger partial charge is 0.305 e. The number of methoxy groups -OCH3 is 1. The molecule has 0 N–H and O–H groups in total. The lowest BCUT2D eigenvalue weighted by atomic mass is 9.85. The molecule has 0 bridgehead atoms. The predicted octanol–water partition coefficient (Wildman–Crippen LogP) is 5.90.